The van der Waals surface area contributed by atoms with Crippen molar-refractivity contribution in [3.8, 4) is 0 Å². The molecule has 1 saturated carbocycles. The quantitative estimate of drug-likeness (QED) is 0.530. The van der Waals surface area contributed by atoms with Gasteiger partial charge in [-0.2, -0.15) is 0 Å². The largest absolute Gasteiger partial charge is 0.392 e. The lowest BCUT2D eigenvalue weighted by Crippen LogP contribution is -2.73. The standard InChI is InChI=1S/C25H34O7/c1-11(2)13-9-15(26)23(4)8-7-22(3)14(17(13)23)6-5-12-18-19(22)31-21-24(18,27)25(28)16(10-29-21)30-20(12)32-25/h5,11,14-16,18-21,26-28H,6-10H2,1-4H3. The number of aliphatic hydroxyl groups excluding tert-OH is 1. The van der Waals surface area contributed by atoms with Gasteiger partial charge in [-0.15, -0.1) is 0 Å². The summed E-state index contributed by atoms with van der Waals surface area (Å²) in [5, 5.41) is 34.6. The van der Waals surface area contributed by atoms with Gasteiger partial charge in [-0.1, -0.05) is 44.9 Å². The van der Waals surface area contributed by atoms with Gasteiger partial charge < -0.3 is 34.3 Å². The molecule has 0 spiro atoms. The topological polar surface area (TPSA) is 97.6 Å². The molecule has 0 aromatic rings. The summed E-state index contributed by atoms with van der Waals surface area (Å²) >= 11 is 0. The summed E-state index contributed by atoms with van der Waals surface area (Å²) < 4.78 is 24.5. The van der Waals surface area contributed by atoms with Crippen LogP contribution in [0.2, 0.25) is 0 Å². The zero-order chi connectivity index (χ0) is 22.4. The van der Waals surface area contributed by atoms with Gasteiger partial charge in [0.2, 0.25) is 5.79 Å². The second-order valence-electron chi connectivity index (χ2n) is 12.0. The average Bonchev–Trinajstić information content (AvgIpc) is 3.30. The van der Waals surface area contributed by atoms with Crippen LogP contribution in [-0.2, 0) is 18.9 Å². The Balaban J connectivity index is 1.42. The molecular weight excluding hydrogens is 412 g/mol. The SMILES string of the molecule is CC(C)C1=C2C3CC=C4C5OC6COC7OC(C4C7(O)C6(O)O5)C3(C)CCC2(C)C(O)C1. The minimum absolute atomic E-state index is 0.125. The highest BCUT2D eigenvalue weighted by Gasteiger charge is 2.82. The van der Waals surface area contributed by atoms with Crippen LogP contribution < -0.4 is 0 Å². The molecule has 32 heavy (non-hydrogen) atoms. The van der Waals surface area contributed by atoms with Crippen molar-refractivity contribution < 1.29 is 34.3 Å². The molecule has 11 atom stereocenters. The van der Waals surface area contributed by atoms with Gasteiger partial charge >= 0.3 is 0 Å². The number of ether oxygens (including phenoxy) is 4. The molecule has 2 bridgehead atoms. The van der Waals surface area contributed by atoms with E-state index in [2.05, 4.69) is 33.8 Å². The van der Waals surface area contributed by atoms with E-state index in [-0.39, 0.29) is 35.6 Å². The fraction of sp³-hybridized carbons (Fsp3) is 0.840. The van der Waals surface area contributed by atoms with Crippen LogP contribution >= 0.6 is 0 Å². The second kappa shape index (κ2) is 5.88. The predicted octanol–water partition coefficient (Wildman–Crippen LogP) is 2.00. The molecule has 4 aliphatic heterocycles. The number of fused-ring (bicyclic) bond motifs is 6. The fourth-order valence-corrected chi connectivity index (χ4v) is 8.49. The first kappa shape index (κ1) is 20.6. The average molecular weight is 447 g/mol. The van der Waals surface area contributed by atoms with E-state index in [9.17, 15) is 15.3 Å². The molecule has 4 saturated heterocycles. The van der Waals surface area contributed by atoms with Crippen molar-refractivity contribution in [1.82, 2.24) is 0 Å². The highest BCUT2D eigenvalue weighted by molar-refractivity contribution is 5.42. The summed E-state index contributed by atoms with van der Waals surface area (Å²) in [6, 6.07) is 0. The minimum atomic E-state index is -1.83. The number of aliphatic hydroxyl groups is 3. The van der Waals surface area contributed by atoms with E-state index >= 15 is 0 Å². The third-order valence-electron chi connectivity index (χ3n) is 10.4. The van der Waals surface area contributed by atoms with Crippen molar-refractivity contribution in [1.29, 1.82) is 0 Å². The molecule has 0 radical (unpaired) electrons. The maximum Gasteiger partial charge on any atom is 0.233 e. The Bertz CT molecular complexity index is 958. The Hall–Kier alpha value is -0.800. The maximum absolute atomic E-state index is 12.0. The molecule has 11 unspecified atom stereocenters. The maximum atomic E-state index is 12.0. The highest BCUT2D eigenvalue weighted by Crippen LogP contribution is 2.69. The molecule has 3 N–H and O–H groups in total. The second-order valence-corrected chi connectivity index (χ2v) is 12.0. The van der Waals surface area contributed by atoms with E-state index in [0.717, 1.165) is 31.3 Å². The number of rotatable bonds is 1. The molecule has 7 heteroatoms. The van der Waals surface area contributed by atoms with Crippen LogP contribution in [0.4, 0.5) is 0 Å². The molecule has 7 rings (SSSR count). The van der Waals surface area contributed by atoms with Crippen LogP contribution in [0.3, 0.4) is 0 Å². The molecule has 7 aliphatic rings. The van der Waals surface area contributed by atoms with E-state index in [1.807, 2.05) is 0 Å². The first-order valence-electron chi connectivity index (χ1n) is 12.2. The van der Waals surface area contributed by atoms with Gasteiger partial charge in [-0.3, -0.25) is 0 Å². The zero-order valence-corrected chi connectivity index (χ0v) is 19.2. The lowest BCUT2D eigenvalue weighted by Gasteiger charge is -2.54. The van der Waals surface area contributed by atoms with Crippen LogP contribution in [0.1, 0.15) is 53.4 Å². The van der Waals surface area contributed by atoms with Gasteiger partial charge in [0.05, 0.1) is 24.7 Å². The number of hydrogen-bond acceptors (Lipinski definition) is 7. The van der Waals surface area contributed by atoms with Crippen molar-refractivity contribution in [3.63, 3.8) is 0 Å². The van der Waals surface area contributed by atoms with Gasteiger partial charge in [0.1, 0.15) is 6.10 Å². The third-order valence-corrected chi connectivity index (χ3v) is 10.4. The van der Waals surface area contributed by atoms with E-state index in [4.69, 9.17) is 18.9 Å². The summed E-state index contributed by atoms with van der Waals surface area (Å²) in [7, 11) is 0. The Labute approximate surface area is 188 Å². The highest BCUT2D eigenvalue weighted by atomic mass is 16.8. The third kappa shape index (κ3) is 1.98. The Morgan fingerprint density at radius 2 is 1.91 bits per heavy atom. The summed E-state index contributed by atoms with van der Waals surface area (Å²) in [5.41, 5.74) is 1.42. The van der Waals surface area contributed by atoms with Crippen molar-refractivity contribution in [2.75, 3.05) is 6.61 Å². The molecule has 7 nitrogen and oxygen atoms in total. The molecular formula is C25H34O7. The van der Waals surface area contributed by atoms with Crippen molar-refractivity contribution in [2.24, 2.45) is 28.6 Å². The summed E-state index contributed by atoms with van der Waals surface area (Å²) in [5.74, 6) is -1.74. The Kier molecular flexibility index (Phi) is 3.78. The monoisotopic (exact) mass is 446 g/mol. The first-order valence-corrected chi connectivity index (χ1v) is 12.2. The van der Waals surface area contributed by atoms with Gasteiger partial charge in [-0.05, 0) is 43.1 Å². The smallest absolute Gasteiger partial charge is 0.233 e. The predicted molar refractivity (Wildman–Crippen MR) is 112 cm³/mol. The number of hydrogen-bond donors (Lipinski definition) is 3. The van der Waals surface area contributed by atoms with Gasteiger partial charge in [0.15, 0.2) is 18.2 Å². The van der Waals surface area contributed by atoms with E-state index < -0.39 is 36.0 Å². The number of allylic oxidation sites excluding steroid dienone is 1. The Morgan fingerprint density at radius 1 is 1.12 bits per heavy atom. The first-order chi connectivity index (χ1) is 15.1. The molecule has 3 aliphatic carbocycles. The molecule has 5 fully saturated rings. The van der Waals surface area contributed by atoms with Crippen molar-refractivity contribution in [3.05, 3.63) is 22.8 Å². The molecule has 0 amide bonds. The van der Waals surface area contributed by atoms with E-state index in [1.54, 1.807) is 0 Å². The molecule has 0 aromatic carbocycles. The van der Waals surface area contributed by atoms with Crippen LogP contribution in [0.15, 0.2) is 22.8 Å². The fourth-order valence-electron chi connectivity index (χ4n) is 8.49. The van der Waals surface area contributed by atoms with Gasteiger partial charge in [0, 0.05) is 10.8 Å². The lowest BCUT2D eigenvalue weighted by molar-refractivity contribution is -0.378. The molecule has 0 aromatic heterocycles. The van der Waals surface area contributed by atoms with Crippen LogP contribution in [0.25, 0.3) is 0 Å². The molecule has 4 heterocycles. The van der Waals surface area contributed by atoms with Crippen molar-refractivity contribution in [2.45, 2.75) is 95.7 Å². The summed E-state index contributed by atoms with van der Waals surface area (Å²) in [4.78, 5) is 0. The minimum Gasteiger partial charge on any atom is -0.392 e. The summed E-state index contributed by atoms with van der Waals surface area (Å²) in [6.07, 6.45) is 2.36. The summed E-state index contributed by atoms with van der Waals surface area (Å²) in [6.45, 7) is 9.05. The van der Waals surface area contributed by atoms with Crippen LogP contribution in [0.5, 0.6) is 0 Å². The zero-order valence-electron chi connectivity index (χ0n) is 19.2. The molecule has 176 valence electrons. The van der Waals surface area contributed by atoms with Crippen LogP contribution in [0, 0.1) is 28.6 Å². The van der Waals surface area contributed by atoms with Crippen molar-refractivity contribution >= 4 is 0 Å². The van der Waals surface area contributed by atoms with E-state index in [0.29, 0.717) is 5.92 Å². The lowest BCUT2D eigenvalue weighted by atomic mass is 9.52. The van der Waals surface area contributed by atoms with Gasteiger partial charge in [0.25, 0.3) is 0 Å². The van der Waals surface area contributed by atoms with Crippen LogP contribution in [-0.4, -0.2) is 64.2 Å². The normalized spacial score (nSPS) is 59.8. The van der Waals surface area contributed by atoms with Gasteiger partial charge in [-0.25, -0.2) is 0 Å². The van der Waals surface area contributed by atoms with E-state index in [1.165, 1.54) is 11.1 Å². The Morgan fingerprint density at radius 3 is 2.66 bits per heavy atom.